The molecule has 4 atom stereocenters. The zero-order valence-corrected chi connectivity index (χ0v) is 20.1. The Kier molecular flexibility index (Phi) is 6.98. The Morgan fingerprint density at radius 2 is 1.78 bits per heavy atom. The Labute approximate surface area is 212 Å². The van der Waals surface area contributed by atoms with E-state index >= 15 is 0 Å². The molecule has 0 radical (unpaired) electrons. The van der Waals surface area contributed by atoms with E-state index in [1.54, 1.807) is 42.2 Å². The third kappa shape index (κ3) is 4.11. The number of halogens is 3. The number of esters is 1. The first-order valence-electron chi connectivity index (χ1n) is 11.7. The average Bonchev–Trinajstić information content (AvgIpc) is 3.30. The van der Waals surface area contributed by atoms with E-state index < -0.39 is 52.9 Å². The van der Waals surface area contributed by atoms with Crippen molar-refractivity contribution in [2.24, 2.45) is 11.8 Å². The molecule has 2 aliphatic heterocycles. The van der Waals surface area contributed by atoms with Gasteiger partial charge in [-0.15, -0.1) is 13.0 Å². The molecule has 0 aromatic heterocycles. The fraction of sp³-hybridized carbons (Fsp3) is 0.321. The summed E-state index contributed by atoms with van der Waals surface area (Å²) >= 11 is 0. The van der Waals surface area contributed by atoms with Gasteiger partial charge in [0.1, 0.15) is 5.54 Å². The number of carbonyl (C=O) groups excluding carboxylic acids is 3. The number of ether oxygens (including phenoxy) is 1. The van der Waals surface area contributed by atoms with Crippen LogP contribution in [0, 0.1) is 24.2 Å². The zero-order valence-electron chi connectivity index (χ0n) is 20.1. The van der Waals surface area contributed by atoms with Gasteiger partial charge >= 0.3 is 12.1 Å². The topological polar surface area (TPSA) is 66.9 Å². The number of anilines is 1. The van der Waals surface area contributed by atoms with Gasteiger partial charge in [0.05, 0.1) is 36.2 Å². The molecule has 192 valence electrons. The molecule has 9 heteroatoms. The van der Waals surface area contributed by atoms with Gasteiger partial charge in [-0.1, -0.05) is 42.3 Å². The molecule has 2 aromatic carbocycles. The summed E-state index contributed by atoms with van der Waals surface area (Å²) in [6.45, 7) is 5.22. The monoisotopic (exact) mass is 510 g/mol. The van der Waals surface area contributed by atoms with E-state index in [1.807, 2.05) is 0 Å². The minimum atomic E-state index is -4.56. The van der Waals surface area contributed by atoms with Crippen LogP contribution in [0.1, 0.15) is 30.5 Å². The van der Waals surface area contributed by atoms with Gasteiger partial charge in [0, 0.05) is 6.04 Å². The van der Waals surface area contributed by atoms with Gasteiger partial charge in [0.2, 0.25) is 11.8 Å². The molecule has 0 N–H and O–H groups in total. The number of hydrogen-bond acceptors (Lipinski definition) is 5. The number of carbonyl (C=O) groups is 3. The van der Waals surface area contributed by atoms with Crippen LogP contribution in [0.15, 0.2) is 67.3 Å². The molecule has 2 saturated heterocycles. The molecule has 0 saturated carbocycles. The largest absolute Gasteiger partial charge is 0.465 e. The van der Waals surface area contributed by atoms with Crippen molar-refractivity contribution in [2.45, 2.75) is 31.1 Å². The molecule has 0 unspecified atom stereocenters. The zero-order chi connectivity index (χ0) is 27.0. The van der Waals surface area contributed by atoms with Gasteiger partial charge in [0.25, 0.3) is 0 Å². The molecular formula is C28H25F3N2O4. The number of hydrogen-bond donors (Lipinski definition) is 0. The van der Waals surface area contributed by atoms with Crippen LogP contribution in [0.25, 0.3) is 0 Å². The quantitative estimate of drug-likeness (QED) is 0.239. The van der Waals surface area contributed by atoms with Crippen molar-refractivity contribution in [1.82, 2.24) is 4.90 Å². The van der Waals surface area contributed by atoms with Crippen molar-refractivity contribution < 1.29 is 32.3 Å². The van der Waals surface area contributed by atoms with Crippen LogP contribution in [0.2, 0.25) is 0 Å². The SMILES string of the molecule is C#CCN1[C@H](c2ccc(C(F)(F)F)cc2)[C@@H]2C(=O)N(c3ccccc3)C(=O)[C@@H]2[C@]1(CC=C)C(=O)OCC. The van der Waals surface area contributed by atoms with Crippen molar-refractivity contribution >= 4 is 23.5 Å². The lowest BCUT2D eigenvalue weighted by Gasteiger charge is -2.40. The maximum absolute atomic E-state index is 13.9. The normalized spacial score (nSPS) is 25.6. The molecule has 0 aliphatic carbocycles. The summed E-state index contributed by atoms with van der Waals surface area (Å²) in [4.78, 5) is 44.1. The van der Waals surface area contributed by atoms with E-state index in [0.29, 0.717) is 11.3 Å². The lowest BCUT2D eigenvalue weighted by atomic mass is 9.77. The van der Waals surface area contributed by atoms with E-state index in [4.69, 9.17) is 11.2 Å². The summed E-state index contributed by atoms with van der Waals surface area (Å²) in [6.07, 6.45) is 2.49. The third-order valence-corrected chi connectivity index (χ3v) is 6.99. The van der Waals surface area contributed by atoms with Crippen molar-refractivity contribution in [2.75, 3.05) is 18.1 Å². The van der Waals surface area contributed by atoms with Crippen molar-refractivity contribution in [1.29, 1.82) is 0 Å². The Hall–Kier alpha value is -3.90. The van der Waals surface area contributed by atoms with Crippen LogP contribution in [0.3, 0.4) is 0 Å². The van der Waals surface area contributed by atoms with Crippen LogP contribution in [0.5, 0.6) is 0 Å². The standard InChI is InChI=1S/C28H25F3N2O4/c1-4-16-27(26(36)37-6-3)22-21(24(34)33(25(22)35)20-10-8-7-9-11-20)23(32(27)17-5-2)18-12-14-19(15-13-18)28(29,30)31/h2,4,7-15,21-23H,1,6,16-17H2,3H3/t21-,22-,23-,27-/m1/s1. The second kappa shape index (κ2) is 9.87. The predicted octanol–water partition coefficient (Wildman–Crippen LogP) is 4.38. The summed E-state index contributed by atoms with van der Waals surface area (Å²) in [5.74, 6) is -1.72. The number of fused-ring (bicyclic) bond motifs is 1. The van der Waals surface area contributed by atoms with Gasteiger partial charge in [-0.05, 0) is 43.2 Å². The van der Waals surface area contributed by atoms with E-state index in [1.165, 1.54) is 18.2 Å². The molecular weight excluding hydrogens is 485 g/mol. The van der Waals surface area contributed by atoms with Gasteiger partial charge in [-0.3, -0.25) is 19.3 Å². The summed E-state index contributed by atoms with van der Waals surface area (Å²) < 4.78 is 45.2. The van der Waals surface area contributed by atoms with Gasteiger partial charge in [-0.25, -0.2) is 4.90 Å². The average molecular weight is 511 g/mol. The number of amides is 2. The van der Waals surface area contributed by atoms with E-state index in [0.717, 1.165) is 17.0 Å². The maximum Gasteiger partial charge on any atom is 0.416 e. The summed E-state index contributed by atoms with van der Waals surface area (Å²) in [5, 5.41) is 0. The molecule has 2 fully saturated rings. The highest BCUT2D eigenvalue weighted by molar-refractivity contribution is 6.24. The highest BCUT2D eigenvalue weighted by Gasteiger charge is 2.72. The maximum atomic E-state index is 13.9. The molecule has 0 spiro atoms. The number of imide groups is 1. The van der Waals surface area contributed by atoms with Crippen LogP contribution < -0.4 is 4.90 Å². The molecule has 2 aromatic rings. The van der Waals surface area contributed by atoms with Gasteiger partial charge in [0.15, 0.2) is 0 Å². The molecule has 6 nitrogen and oxygen atoms in total. The minimum absolute atomic E-state index is 0.00842. The summed E-state index contributed by atoms with van der Waals surface area (Å²) in [6, 6.07) is 11.6. The molecule has 4 rings (SSSR count). The van der Waals surface area contributed by atoms with Crippen LogP contribution >= 0.6 is 0 Å². The van der Waals surface area contributed by atoms with Gasteiger partial charge < -0.3 is 4.74 Å². The lowest BCUT2D eigenvalue weighted by molar-refractivity contribution is -0.161. The van der Waals surface area contributed by atoms with E-state index in [9.17, 15) is 27.6 Å². The Bertz CT molecular complexity index is 1250. The third-order valence-electron chi connectivity index (χ3n) is 6.99. The Morgan fingerprint density at radius 3 is 2.32 bits per heavy atom. The Morgan fingerprint density at radius 1 is 1.14 bits per heavy atom. The highest BCUT2D eigenvalue weighted by atomic mass is 19.4. The molecule has 2 amide bonds. The summed E-state index contributed by atoms with van der Waals surface area (Å²) in [5.41, 5.74) is -1.89. The highest BCUT2D eigenvalue weighted by Crippen LogP contribution is 2.57. The van der Waals surface area contributed by atoms with E-state index in [2.05, 4.69) is 12.5 Å². The Balaban J connectivity index is 1.95. The number of benzene rings is 2. The van der Waals surface area contributed by atoms with Crippen molar-refractivity contribution in [3.8, 4) is 12.3 Å². The molecule has 2 heterocycles. The number of rotatable bonds is 7. The number of para-hydroxylation sites is 1. The van der Waals surface area contributed by atoms with Crippen LogP contribution in [0.4, 0.5) is 18.9 Å². The van der Waals surface area contributed by atoms with Crippen molar-refractivity contribution in [3.63, 3.8) is 0 Å². The first-order chi connectivity index (χ1) is 17.6. The van der Waals surface area contributed by atoms with Gasteiger partial charge in [-0.2, -0.15) is 13.2 Å². The second-order valence-corrected chi connectivity index (χ2v) is 8.89. The second-order valence-electron chi connectivity index (χ2n) is 8.89. The number of nitrogens with zero attached hydrogens (tertiary/aromatic N) is 2. The smallest absolute Gasteiger partial charge is 0.416 e. The van der Waals surface area contributed by atoms with Crippen molar-refractivity contribution in [3.05, 3.63) is 78.4 Å². The fourth-order valence-corrected chi connectivity index (χ4v) is 5.61. The number of likely N-dealkylation sites (tertiary alicyclic amines) is 1. The molecule has 0 bridgehead atoms. The van der Waals surface area contributed by atoms with Crippen LogP contribution in [-0.4, -0.2) is 41.4 Å². The minimum Gasteiger partial charge on any atom is -0.465 e. The van der Waals surface area contributed by atoms with Crippen LogP contribution in [-0.2, 0) is 25.3 Å². The lowest BCUT2D eigenvalue weighted by Crippen LogP contribution is -2.58. The number of terminal acetylenes is 1. The first-order valence-corrected chi connectivity index (χ1v) is 11.7. The first kappa shape index (κ1) is 26.2. The summed E-state index contributed by atoms with van der Waals surface area (Å²) in [7, 11) is 0. The number of alkyl halides is 3. The molecule has 37 heavy (non-hydrogen) atoms. The van der Waals surface area contributed by atoms with E-state index in [-0.39, 0.29) is 19.6 Å². The fourth-order valence-electron chi connectivity index (χ4n) is 5.61. The predicted molar refractivity (Wildman–Crippen MR) is 130 cm³/mol. The molecule has 2 aliphatic rings.